The molecule has 1 unspecified atom stereocenters. The van der Waals surface area contributed by atoms with Crippen LogP contribution in [0.1, 0.15) is 59.8 Å². The Bertz CT molecular complexity index is 237. The predicted molar refractivity (Wildman–Crippen MR) is 79.2 cm³/mol. The molecular weight excluding hydrogens is 222 g/mol. The van der Waals surface area contributed by atoms with Crippen LogP contribution in [0.15, 0.2) is 0 Å². The second-order valence-electron chi connectivity index (χ2n) is 7.03. The third-order valence-electron chi connectivity index (χ3n) is 5.33. The normalized spacial score (nSPS) is 21.0. The largest absolute Gasteiger partial charge is 0.317 e. The Balaban J connectivity index is 2.30. The van der Waals surface area contributed by atoms with Crippen molar-refractivity contribution in [3.8, 4) is 0 Å². The maximum atomic E-state index is 6.10. The second kappa shape index (κ2) is 6.36. The molecule has 0 aromatic carbocycles. The zero-order valence-corrected chi connectivity index (χ0v) is 12.8. The summed E-state index contributed by atoms with van der Waals surface area (Å²) in [4.78, 5) is 0. The molecule has 1 atom stereocenters. The minimum Gasteiger partial charge on any atom is -0.317 e. The lowest BCUT2D eigenvalue weighted by Gasteiger charge is -2.43. The summed E-state index contributed by atoms with van der Waals surface area (Å²) in [6.07, 6.45) is 6.62. The van der Waals surface area contributed by atoms with E-state index in [9.17, 15) is 0 Å². The van der Waals surface area contributed by atoms with E-state index < -0.39 is 5.66 Å². The van der Waals surface area contributed by atoms with Gasteiger partial charge in [0.1, 0.15) is 0 Å². The first kappa shape index (κ1) is 15.9. The van der Waals surface area contributed by atoms with Crippen molar-refractivity contribution in [3.05, 3.63) is 0 Å². The minimum absolute atomic E-state index is 0.0128. The Hall–Kier alpha value is -0.120. The van der Waals surface area contributed by atoms with Crippen LogP contribution in [0.3, 0.4) is 0 Å². The molecule has 0 aliphatic carbocycles. The van der Waals surface area contributed by atoms with Crippen LogP contribution in [0.5, 0.6) is 0 Å². The first-order chi connectivity index (χ1) is 8.25. The van der Waals surface area contributed by atoms with E-state index in [4.69, 9.17) is 11.5 Å². The molecule has 1 saturated heterocycles. The fourth-order valence-corrected chi connectivity index (χ4v) is 2.77. The lowest BCUT2D eigenvalue weighted by atomic mass is 9.69. The van der Waals surface area contributed by atoms with E-state index in [0.29, 0.717) is 5.92 Å². The number of piperidine rings is 1. The Morgan fingerprint density at radius 2 is 1.72 bits per heavy atom. The molecule has 0 spiro atoms. The van der Waals surface area contributed by atoms with E-state index >= 15 is 0 Å². The fourth-order valence-electron chi connectivity index (χ4n) is 2.77. The van der Waals surface area contributed by atoms with Gasteiger partial charge in [-0.1, -0.05) is 40.0 Å². The van der Waals surface area contributed by atoms with Crippen molar-refractivity contribution in [2.75, 3.05) is 13.1 Å². The highest BCUT2D eigenvalue weighted by molar-refractivity contribution is 4.92. The van der Waals surface area contributed by atoms with Gasteiger partial charge in [0.05, 0.1) is 5.66 Å². The van der Waals surface area contributed by atoms with Gasteiger partial charge in [0.15, 0.2) is 0 Å². The average molecular weight is 255 g/mol. The molecule has 3 nitrogen and oxygen atoms in total. The highest BCUT2D eigenvalue weighted by atomic mass is 15.0. The Morgan fingerprint density at radius 3 is 2.22 bits per heavy atom. The van der Waals surface area contributed by atoms with Crippen molar-refractivity contribution >= 4 is 0 Å². The quantitative estimate of drug-likeness (QED) is 0.639. The van der Waals surface area contributed by atoms with E-state index in [0.717, 1.165) is 5.92 Å². The van der Waals surface area contributed by atoms with Crippen molar-refractivity contribution in [1.82, 2.24) is 5.32 Å². The maximum absolute atomic E-state index is 6.10. The van der Waals surface area contributed by atoms with Gasteiger partial charge in [-0.25, -0.2) is 0 Å². The molecule has 3 heteroatoms. The summed E-state index contributed by atoms with van der Waals surface area (Å²) in [6.45, 7) is 11.0. The van der Waals surface area contributed by atoms with Crippen LogP contribution in [0.4, 0.5) is 0 Å². The SMILES string of the molecule is CC(CCCC1CCNCC1)C(C)(C)C(C)(N)N. The summed E-state index contributed by atoms with van der Waals surface area (Å²) in [5.74, 6) is 1.50. The van der Waals surface area contributed by atoms with Gasteiger partial charge >= 0.3 is 0 Å². The van der Waals surface area contributed by atoms with Gasteiger partial charge in [-0.05, 0) is 50.1 Å². The van der Waals surface area contributed by atoms with E-state index in [1.807, 2.05) is 6.92 Å². The van der Waals surface area contributed by atoms with E-state index in [-0.39, 0.29) is 5.41 Å². The molecule has 108 valence electrons. The lowest BCUT2D eigenvalue weighted by molar-refractivity contribution is 0.101. The number of nitrogens with one attached hydrogen (secondary N) is 1. The second-order valence-corrected chi connectivity index (χ2v) is 7.03. The van der Waals surface area contributed by atoms with E-state index in [1.54, 1.807) is 0 Å². The van der Waals surface area contributed by atoms with Crippen LogP contribution in [0, 0.1) is 17.3 Å². The number of rotatable bonds is 6. The Labute approximate surface area is 113 Å². The minimum atomic E-state index is -0.596. The summed E-state index contributed by atoms with van der Waals surface area (Å²) in [6, 6.07) is 0. The van der Waals surface area contributed by atoms with E-state index in [1.165, 1.54) is 45.2 Å². The van der Waals surface area contributed by atoms with E-state index in [2.05, 4.69) is 26.1 Å². The Kier molecular flexibility index (Phi) is 5.63. The molecule has 18 heavy (non-hydrogen) atoms. The van der Waals surface area contributed by atoms with Gasteiger partial charge in [0.2, 0.25) is 0 Å². The number of hydrogen-bond donors (Lipinski definition) is 3. The summed E-state index contributed by atoms with van der Waals surface area (Å²) in [5, 5.41) is 3.42. The van der Waals surface area contributed by atoms with Crippen LogP contribution < -0.4 is 16.8 Å². The van der Waals surface area contributed by atoms with Crippen LogP contribution in [0.25, 0.3) is 0 Å². The van der Waals surface area contributed by atoms with Crippen molar-refractivity contribution in [2.24, 2.45) is 28.7 Å². The molecule has 0 bridgehead atoms. The fraction of sp³-hybridized carbons (Fsp3) is 1.00. The molecule has 1 aliphatic heterocycles. The zero-order chi connectivity index (χ0) is 13.8. The molecule has 0 amide bonds. The smallest absolute Gasteiger partial charge is 0.0662 e. The van der Waals surface area contributed by atoms with Gasteiger partial charge in [-0.15, -0.1) is 0 Å². The third-order valence-corrected chi connectivity index (χ3v) is 5.33. The molecule has 0 aromatic rings. The number of nitrogens with two attached hydrogens (primary N) is 2. The van der Waals surface area contributed by atoms with Gasteiger partial charge in [-0.2, -0.15) is 0 Å². The van der Waals surface area contributed by atoms with Crippen LogP contribution in [-0.4, -0.2) is 18.8 Å². The Morgan fingerprint density at radius 1 is 1.17 bits per heavy atom. The monoisotopic (exact) mass is 255 g/mol. The summed E-state index contributed by atoms with van der Waals surface area (Å²) < 4.78 is 0. The van der Waals surface area contributed by atoms with Crippen molar-refractivity contribution < 1.29 is 0 Å². The zero-order valence-electron chi connectivity index (χ0n) is 12.8. The number of hydrogen-bond acceptors (Lipinski definition) is 3. The van der Waals surface area contributed by atoms with Crippen molar-refractivity contribution in [3.63, 3.8) is 0 Å². The van der Waals surface area contributed by atoms with Gasteiger partial charge in [0, 0.05) is 0 Å². The lowest BCUT2D eigenvalue weighted by Crippen LogP contribution is -2.60. The van der Waals surface area contributed by atoms with Crippen molar-refractivity contribution in [1.29, 1.82) is 0 Å². The summed E-state index contributed by atoms with van der Waals surface area (Å²) in [7, 11) is 0. The highest BCUT2D eigenvalue weighted by Crippen LogP contribution is 2.37. The molecule has 5 N–H and O–H groups in total. The first-order valence-corrected chi connectivity index (χ1v) is 7.53. The average Bonchev–Trinajstić information content (AvgIpc) is 2.28. The molecule has 1 heterocycles. The van der Waals surface area contributed by atoms with Crippen LogP contribution in [-0.2, 0) is 0 Å². The maximum Gasteiger partial charge on any atom is 0.0662 e. The molecule has 0 aromatic heterocycles. The van der Waals surface area contributed by atoms with Gasteiger partial charge in [-0.3, -0.25) is 0 Å². The summed E-state index contributed by atoms with van der Waals surface area (Å²) >= 11 is 0. The van der Waals surface area contributed by atoms with Crippen LogP contribution in [0.2, 0.25) is 0 Å². The predicted octanol–water partition coefficient (Wildman–Crippen LogP) is 2.45. The third kappa shape index (κ3) is 4.22. The molecule has 1 aliphatic rings. The van der Waals surface area contributed by atoms with Gasteiger partial charge < -0.3 is 16.8 Å². The molecule has 1 rings (SSSR count). The molecule has 0 saturated carbocycles. The molecule has 0 radical (unpaired) electrons. The molecule has 1 fully saturated rings. The first-order valence-electron chi connectivity index (χ1n) is 7.53. The van der Waals surface area contributed by atoms with Crippen LogP contribution >= 0.6 is 0 Å². The standard InChI is InChI=1S/C15H33N3/c1-12(14(2,3)15(4,16)17)6-5-7-13-8-10-18-11-9-13/h12-13,18H,5-11,16-17H2,1-4H3. The summed E-state index contributed by atoms with van der Waals surface area (Å²) in [5.41, 5.74) is 11.6. The van der Waals surface area contributed by atoms with Gasteiger partial charge in [0.25, 0.3) is 0 Å². The topological polar surface area (TPSA) is 64.1 Å². The molecular formula is C15H33N3. The highest BCUT2D eigenvalue weighted by Gasteiger charge is 2.38. The van der Waals surface area contributed by atoms with Crippen molar-refractivity contribution in [2.45, 2.75) is 65.5 Å².